The van der Waals surface area contributed by atoms with Crippen LogP contribution in [0.2, 0.25) is 0 Å². The highest BCUT2D eigenvalue weighted by molar-refractivity contribution is 7.86. The molecule has 11 nitrogen and oxygen atoms in total. The number of carbonyl (C=O) groups excluding carboxylic acids is 1. The average Bonchev–Trinajstić information content (AvgIpc) is 3.26. The molecule has 0 saturated heterocycles. The third kappa shape index (κ3) is 5.26. The lowest BCUT2D eigenvalue weighted by atomic mass is 10.2. The first-order valence-corrected chi connectivity index (χ1v) is 13.0. The van der Waals surface area contributed by atoms with Crippen molar-refractivity contribution in [3.05, 3.63) is 69.0 Å². The van der Waals surface area contributed by atoms with Crippen molar-refractivity contribution in [1.29, 1.82) is 0 Å². The number of aryl methyl sites for hydroxylation is 1. The lowest BCUT2D eigenvalue weighted by Crippen LogP contribution is -2.40. The third-order valence-electron chi connectivity index (χ3n) is 5.79. The fraction of sp³-hybridized carbons (Fsp3) is 0.333. The number of hydrogen-bond donors (Lipinski definition) is 0. The third-order valence-corrected chi connectivity index (χ3v) is 6.60. The first-order chi connectivity index (χ1) is 17.7. The van der Waals surface area contributed by atoms with E-state index in [9.17, 15) is 26.7 Å². The highest BCUT2D eigenvalue weighted by Crippen LogP contribution is 2.18. The Morgan fingerprint density at radius 2 is 1.86 bits per heavy atom. The van der Waals surface area contributed by atoms with Gasteiger partial charge in [0.05, 0.1) is 24.2 Å². The van der Waals surface area contributed by atoms with E-state index in [2.05, 4.69) is 4.98 Å². The second-order valence-corrected chi connectivity index (χ2v) is 9.63. The quantitative estimate of drug-likeness (QED) is 0.173. The molecule has 0 radical (unpaired) electrons. The second kappa shape index (κ2) is 10.5. The minimum absolute atomic E-state index is 0.0136. The van der Waals surface area contributed by atoms with E-state index in [1.165, 1.54) is 28.4 Å². The number of imidazole rings is 1. The Morgan fingerprint density at radius 1 is 1.08 bits per heavy atom. The predicted molar refractivity (Wildman–Crippen MR) is 132 cm³/mol. The van der Waals surface area contributed by atoms with E-state index in [1.54, 1.807) is 22.7 Å². The van der Waals surface area contributed by atoms with Crippen molar-refractivity contribution < 1.29 is 26.6 Å². The van der Waals surface area contributed by atoms with E-state index in [4.69, 9.17) is 9.47 Å². The van der Waals surface area contributed by atoms with Crippen molar-refractivity contribution in [1.82, 2.24) is 18.5 Å². The molecule has 4 rings (SSSR count). The SMILES string of the molecule is CCCn1c(=O)c2c(nc3cc(OC)ccn32)n(CCCCOC(=O)c2cccc(S(=O)(=O)F)c2)c1=O. The van der Waals surface area contributed by atoms with Gasteiger partial charge in [0.2, 0.25) is 0 Å². The molecule has 3 heterocycles. The molecular formula is C24H25FN4O7S. The number of fused-ring (bicyclic) bond motifs is 3. The maximum absolute atomic E-state index is 13.2. The fourth-order valence-electron chi connectivity index (χ4n) is 4.00. The monoisotopic (exact) mass is 532 g/mol. The Balaban J connectivity index is 1.53. The number of benzene rings is 1. The molecule has 0 amide bonds. The number of pyridine rings is 1. The van der Waals surface area contributed by atoms with Crippen LogP contribution < -0.4 is 16.0 Å². The van der Waals surface area contributed by atoms with Crippen LogP contribution in [0.5, 0.6) is 5.75 Å². The summed E-state index contributed by atoms with van der Waals surface area (Å²) in [5, 5.41) is 0. The van der Waals surface area contributed by atoms with Gasteiger partial charge >= 0.3 is 21.9 Å². The summed E-state index contributed by atoms with van der Waals surface area (Å²) in [7, 11) is -3.43. The van der Waals surface area contributed by atoms with Gasteiger partial charge in [-0.1, -0.05) is 13.0 Å². The van der Waals surface area contributed by atoms with Gasteiger partial charge in [0.1, 0.15) is 11.4 Å². The fourth-order valence-corrected chi connectivity index (χ4v) is 4.50. The number of carbonyl (C=O) groups is 1. The first kappa shape index (κ1) is 26.1. The Labute approximate surface area is 210 Å². The standard InChI is InChI=1S/C24H25FN4O7S/c1-3-10-29-22(30)20-21(26-19-15-17(35-2)9-12-27(19)20)28(24(29)32)11-4-5-13-36-23(31)16-7-6-8-18(14-16)37(25,33)34/h6-9,12,14-15H,3-5,10-11,13H2,1-2H3. The molecule has 0 atom stereocenters. The van der Waals surface area contributed by atoms with Crippen molar-refractivity contribution in [3.63, 3.8) is 0 Å². The summed E-state index contributed by atoms with van der Waals surface area (Å²) >= 11 is 0. The highest BCUT2D eigenvalue weighted by Gasteiger charge is 2.19. The number of esters is 1. The van der Waals surface area contributed by atoms with E-state index in [-0.39, 0.29) is 36.4 Å². The largest absolute Gasteiger partial charge is 0.497 e. The van der Waals surface area contributed by atoms with Gasteiger partial charge < -0.3 is 9.47 Å². The molecule has 0 N–H and O–H groups in total. The minimum atomic E-state index is -4.94. The van der Waals surface area contributed by atoms with Gasteiger partial charge in [0.15, 0.2) is 11.2 Å². The topological polar surface area (TPSA) is 131 Å². The van der Waals surface area contributed by atoms with E-state index >= 15 is 0 Å². The van der Waals surface area contributed by atoms with Crippen molar-refractivity contribution in [2.24, 2.45) is 0 Å². The maximum atomic E-state index is 13.2. The van der Waals surface area contributed by atoms with Crippen LogP contribution in [0, 0.1) is 0 Å². The molecular weight excluding hydrogens is 507 g/mol. The van der Waals surface area contributed by atoms with Crippen LogP contribution in [0.4, 0.5) is 3.89 Å². The van der Waals surface area contributed by atoms with Gasteiger partial charge in [-0.25, -0.2) is 14.6 Å². The summed E-state index contributed by atoms with van der Waals surface area (Å²) in [6.45, 7) is 2.32. The molecule has 0 aliphatic rings. The Kier molecular flexibility index (Phi) is 7.43. The van der Waals surface area contributed by atoms with Crippen LogP contribution >= 0.6 is 0 Å². The summed E-state index contributed by atoms with van der Waals surface area (Å²) in [6.07, 6.45) is 3.04. The molecule has 0 aliphatic heterocycles. The highest BCUT2D eigenvalue weighted by atomic mass is 32.3. The number of halogens is 1. The second-order valence-electron chi connectivity index (χ2n) is 8.28. The molecule has 0 unspecified atom stereocenters. The van der Waals surface area contributed by atoms with Gasteiger partial charge in [-0.05, 0) is 43.5 Å². The van der Waals surface area contributed by atoms with Crippen LogP contribution in [-0.4, -0.2) is 46.6 Å². The zero-order chi connectivity index (χ0) is 26.7. The molecule has 1 aromatic carbocycles. The lowest BCUT2D eigenvalue weighted by Gasteiger charge is -2.11. The van der Waals surface area contributed by atoms with Gasteiger partial charge in [-0.2, -0.15) is 8.42 Å². The van der Waals surface area contributed by atoms with Crippen LogP contribution in [-0.2, 0) is 28.0 Å². The smallest absolute Gasteiger partial charge is 0.338 e. The average molecular weight is 533 g/mol. The summed E-state index contributed by atoms with van der Waals surface area (Å²) < 4.78 is 50.0. The summed E-state index contributed by atoms with van der Waals surface area (Å²) in [5.41, 5.74) is -0.0152. The number of ether oxygens (including phenoxy) is 2. The molecule has 3 aromatic heterocycles. The molecule has 0 bridgehead atoms. The van der Waals surface area contributed by atoms with E-state index < -0.39 is 32.3 Å². The molecule has 0 aliphatic carbocycles. The van der Waals surface area contributed by atoms with Gasteiger partial charge in [0, 0.05) is 25.4 Å². The Bertz CT molecular complexity index is 1710. The lowest BCUT2D eigenvalue weighted by molar-refractivity contribution is 0.0497. The molecule has 0 spiro atoms. The number of methoxy groups -OCH3 is 1. The van der Waals surface area contributed by atoms with Gasteiger partial charge in [-0.15, -0.1) is 3.89 Å². The number of nitrogens with zero attached hydrogens (tertiary/aromatic N) is 4. The van der Waals surface area contributed by atoms with Crippen molar-refractivity contribution in [2.45, 2.75) is 44.2 Å². The minimum Gasteiger partial charge on any atom is -0.497 e. The Hall–Kier alpha value is -4.00. The molecule has 0 fully saturated rings. The zero-order valence-electron chi connectivity index (χ0n) is 20.2. The van der Waals surface area contributed by atoms with E-state index in [1.807, 2.05) is 6.92 Å². The maximum Gasteiger partial charge on any atom is 0.338 e. The number of rotatable bonds is 10. The summed E-state index contributed by atoms with van der Waals surface area (Å²) in [5.74, 6) is -0.238. The van der Waals surface area contributed by atoms with Gasteiger partial charge in [0.25, 0.3) is 5.56 Å². The zero-order valence-corrected chi connectivity index (χ0v) is 21.0. The van der Waals surface area contributed by atoms with Crippen molar-refractivity contribution >= 4 is 33.0 Å². The summed E-state index contributed by atoms with van der Waals surface area (Å²) in [4.78, 5) is 42.4. The normalized spacial score (nSPS) is 11.8. The van der Waals surface area contributed by atoms with Crippen LogP contribution in [0.3, 0.4) is 0 Å². The molecule has 4 aromatic rings. The number of unbranched alkanes of at least 4 members (excludes halogenated alkanes) is 1. The molecule has 0 saturated carbocycles. The number of aromatic nitrogens is 4. The summed E-state index contributed by atoms with van der Waals surface area (Å²) in [6, 6.07) is 7.88. The van der Waals surface area contributed by atoms with Crippen molar-refractivity contribution in [2.75, 3.05) is 13.7 Å². The van der Waals surface area contributed by atoms with Crippen LogP contribution in [0.1, 0.15) is 36.5 Å². The van der Waals surface area contributed by atoms with Crippen molar-refractivity contribution in [3.8, 4) is 5.75 Å². The predicted octanol–water partition coefficient (Wildman–Crippen LogP) is 2.52. The Morgan fingerprint density at radius 3 is 2.57 bits per heavy atom. The van der Waals surface area contributed by atoms with E-state index in [0.717, 1.165) is 12.1 Å². The van der Waals surface area contributed by atoms with E-state index in [0.29, 0.717) is 30.7 Å². The number of hydrogen-bond acceptors (Lipinski definition) is 8. The van der Waals surface area contributed by atoms with Crippen LogP contribution in [0.25, 0.3) is 16.8 Å². The molecule has 37 heavy (non-hydrogen) atoms. The van der Waals surface area contributed by atoms with Crippen LogP contribution in [0.15, 0.2) is 57.1 Å². The molecule has 13 heteroatoms. The van der Waals surface area contributed by atoms with Gasteiger partial charge in [-0.3, -0.25) is 18.3 Å². The first-order valence-electron chi connectivity index (χ1n) is 11.6. The molecule has 196 valence electrons.